The Bertz CT molecular complexity index is 1390. The first kappa shape index (κ1) is 32.2. The fraction of sp³-hybridized carbons (Fsp3) is 0.469. The fourth-order valence-corrected chi connectivity index (χ4v) is 7.12. The van der Waals surface area contributed by atoms with Crippen molar-refractivity contribution >= 4 is 35.1 Å². The Morgan fingerprint density at radius 2 is 1.86 bits per heavy atom. The molecule has 2 saturated heterocycles. The van der Waals surface area contributed by atoms with E-state index in [2.05, 4.69) is 28.8 Å². The summed E-state index contributed by atoms with van der Waals surface area (Å²) < 4.78 is 42.9. The molecule has 0 bridgehead atoms. The second-order valence-electron chi connectivity index (χ2n) is 11.1. The molecule has 1 atom stereocenters. The molecule has 3 aromatic rings. The maximum absolute atomic E-state index is 16.0. The summed E-state index contributed by atoms with van der Waals surface area (Å²) in [6.45, 7) is 12.4. The highest BCUT2D eigenvalue weighted by Gasteiger charge is 2.47. The van der Waals surface area contributed by atoms with Crippen molar-refractivity contribution in [1.29, 1.82) is 0 Å². The number of aromatic nitrogens is 1. The standard InChI is InChI=1S/C30H35ClF2N4O2S.C2H6/c1-19-13-23(36-17-30(2,18-36)21-11-12-35(3)16-21)27(31)28(33)29(19)40-37(26-8-6-7-25(32)34-26)15-20-14-22(38-4)9-10-24(20)39-5;1-2/h6-10,13-14,21H,11-12,15-18H2,1-5H3;1-2H3. The van der Waals surface area contributed by atoms with E-state index in [1.165, 1.54) is 12.5 Å². The van der Waals surface area contributed by atoms with Crippen LogP contribution in [0.5, 0.6) is 11.5 Å². The quantitative estimate of drug-likeness (QED) is 0.179. The molecular formula is C32H41ClF2N4O2S. The van der Waals surface area contributed by atoms with Crippen LogP contribution in [0.4, 0.5) is 20.3 Å². The number of halogens is 3. The zero-order valence-corrected chi connectivity index (χ0v) is 27.1. The summed E-state index contributed by atoms with van der Waals surface area (Å²) in [5, 5.41) is 0.102. The Morgan fingerprint density at radius 3 is 2.48 bits per heavy atom. The third-order valence-corrected chi connectivity index (χ3v) is 9.69. The summed E-state index contributed by atoms with van der Waals surface area (Å²) in [4.78, 5) is 8.99. The number of nitrogens with zero attached hydrogens (tertiary/aromatic N) is 4. The minimum absolute atomic E-state index is 0.102. The van der Waals surface area contributed by atoms with Gasteiger partial charge in [0.1, 0.15) is 22.3 Å². The number of hydrogen-bond donors (Lipinski definition) is 0. The number of benzene rings is 2. The molecule has 2 aliphatic heterocycles. The lowest BCUT2D eigenvalue weighted by molar-refractivity contribution is 0.139. The lowest BCUT2D eigenvalue weighted by Crippen LogP contribution is -2.59. The summed E-state index contributed by atoms with van der Waals surface area (Å²) in [5.41, 5.74) is 2.44. The highest BCUT2D eigenvalue weighted by atomic mass is 35.5. The summed E-state index contributed by atoms with van der Waals surface area (Å²) in [5.74, 6) is 1.13. The van der Waals surface area contributed by atoms with Crippen LogP contribution in [-0.4, -0.2) is 57.3 Å². The molecule has 3 heterocycles. The molecule has 228 valence electrons. The summed E-state index contributed by atoms with van der Waals surface area (Å²) in [6, 6.07) is 11.9. The van der Waals surface area contributed by atoms with Crippen molar-refractivity contribution in [2.24, 2.45) is 11.3 Å². The van der Waals surface area contributed by atoms with Crippen LogP contribution < -0.4 is 18.7 Å². The third kappa shape index (κ3) is 6.74. The number of ether oxygens (including phenoxy) is 2. The molecule has 0 radical (unpaired) electrons. The van der Waals surface area contributed by atoms with E-state index >= 15 is 4.39 Å². The van der Waals surface area contributed by atoms with E-state index in [1.807, 2.05) is 32.9 Å². The van der Waals surface area contributed by atoms with Crippen molar-refractivity contribution in [2.75, 3.05) is 56.7 Å². The molecule has 2 aromatic carbocycles. The molecule has 0 amide bonds. The molecule has 42 heavy (non-hydrogen) atoms. The van der Waals surface area contributed by atoms with Gasteiger partial charge in [0.2, 0.25) is 5.95 Å². The average molecular weight is 619 g/mol. The van der Waals surface area contributed by atoms with E-state index in [0.717, 1.165) is 54.9 Å². The van der Waals surface area contributed by atoms with Crippen LogP contribution in [0.2, 0.25) is 5.02 Å². The van der Waals surface area contributed by atoms with Gasteiger partial charge in [-0.15, -0.1) is 0 Å². The van der Waals surface area contributed by atoms with E-state index in [4.69, 9.17) is 21.1 Å². The van der Waals surface area contributed by atoms with Gasteiger partial charge in [0, 0.05) is 30.6 Å². The average Bonchev–Trinajstić information content (AvgIpc) is 3.42. The van der Waals surface area contributed by atoms with Gasteiger partial charge < -0.3 is 19.3 Å². The monoisotopic (exact) mass is 618 g/mol. The van der Waals surface area contributed by atoms with Gasteiger partial charge in [0.25, 0.3) is 0 Å². The van der Waals surface area contributed by atoms with Gasteiger partial charge in [-0.2, -0.15) is 4.39 Å². The Morgan fingerprint density at radius 1 is 1.12 bits per heavy atom. The largest absolute Gasteiger partial charge is 0.497 e. The Hall–Kier alpha value is -2.75. The molecule has 0 aliphatic carbocycles. The molecule has 1 unspecified atom stereocenters. The van der Waals surface area contributed by atoms with Crippen LogP contribution in [0.15, 0.2) is 47.4 Å². The number of pyridine rings is 1. The van der Waals surface area contributed by atoms with Crippen LogP contribution in [0.1, 0.15) is 38.3 Å². The van der Waals surface area contributed by atoms with Crippen molar-refractivity contribution in [1.82, 2.24) is 9.88 Å². The number of likely N-dealkylation sites (tertiary alicyclic amines) is 1. The van der Waals surface area contributed by atoms with E-state index < -0.39 is 11.8 Å². The van der Waals surface area contributed by atoms with Gasteiger partial charge in [-0.1, -0.05) is 38.4 Å². The number of anilines is 2. The maximum Gasteiger partial charge on any atom is 0.214 e. The first-order chi connectivity index (χ1) is 20.1. The summed E-state index contributed by atoms with van der Waals surface area (Å²) in [6.07, 6.45) is 1.19. The number of hydrogen-bond acceptors (Lipinski definition) is 7. The van der Waals surface area contributed by atoms with Crippen LogP contribution in [0.3, 0.4) is 0 Å². The third-order valence-electron chi connectivity index (χ3n) is 8.11. The first-order valence-corrected chi connectivity index (χ1v) is 15.5. The molecule has 10 heteroatoms. The van der Waals surface area contributed by atoms with Crippen molar-refractivity contribution < 1.29 is 18.3 Å². The Balaban J connectivity index is 0.00000198. The summed E-state index contributed by atoms with van der Waals surface area (Å²) >= 11 is 7.82. The van der Waals surface area contributed by atoms with Gasteiger partial charge in [0.15, 0.2) is 5.82 Å². The molecule has 2 aliphatic rings. The minimum atomic E-state index is -0.624. The molecule has 1 aromatic heterocycles. The summed E-state index contributed by atoms with van der Waals surface area (Å²) in [7, 11) is 5.33. The van der Waals surface area contributed by atoms with E-state index in [9.17, 15) is 4.39 Å². The maximum atomic E-state index is 16.0. The smallest absolute Gasteiger partial charge is 0.214 e. The Kier molecular flexibility index (Phi) is 10.5. The highest BCUT2D eigenvalue weighted by molar-refractivity contribution is 8.00. The molecule has 0 N–H and O–H groups in total. The van der Waals surface area contributed by atoms with E-state index in [-0.39, 0.29) is 17.0 Å². The lowest BCUT2D eigenvalue weighted by atomic mass is 9.70. The van der Waals surface area contributed by atoms with Crippen LogP contribution >= 0.6 is 23.5 Å². The molecule has 0 spiro atoms. The normalized spacial score (nSPS) is 17.8. The van der Waals surface area contributed by atoms with Crippen LogP contribution in [-0.2, 0) is 6.54 Å². The van der Waals surface area contributed by atoms with Crippen LogP contribution in [0, 0.1) is 30.0 Å². The van der Waals surface area contributed by atoms with Gasteiger partial charge >= 0.3 is 0 Å². The van der Waals surface area contributed by atoms with E-state index in [1.54, 1.807) is 42.8 Å². The molecule has 0 saturated carbocycles. The van der Waals surface area contributed by atoms with Gasteiger partial charge in [-0.25, -0.2) is 9.37 Å². The zero-order chi connectivity index (χ0) is 30.6. The van der Waals surface area contributed by atoms with Crippen molar-refractivity contribution in [3.63, 3.8) is 0 Å². The molecule has 6 nitrogen and oxygen atoms in total. The topological polar surface area (TPSA) is 41.1 Å². The fourth-order valence-electron chi connectivity index (χ4n) is 5.79. The van der Waals surface area contributed by atoms with Gasteiger partial charge in [-0.05, 0) is 86.8 Å². The van der Waals surface area contributed by atoms with E-state index in [0.29, 0.717) is 28.1 Å². The lowest BCUT2D eigenvalue weighted by Gasteiger charge is -2.53. The minimum Gasteiger partial charge on any atom is -0.497 e. The predicted octanol–water partition coefficient (Wildman–Crippen LogP) is 7.86. The number of aryl methyl sites for hydroxylation is 1. The Labute approximate surface area is 258 Å². The zero-order valence-electron chi connectivity index (χ0n) is 25.5. The predicted molar refractivity (Wildman–Crippen MR) is 169 cm³/mol. The second-order valence-corrected chi connectivity index (χ2v) is 12.5. The first-order valence-electron chi connectivity index (χ1n) is 14.3. The highest BCUT2D eigenvalue weighted by Crippen LogP contribution is 2.48. The van der Waals surface area contributed by atoms with Crippen molar-refractivity contribution in [3.8, 4) is 11.5 Å². The molecule has 2 fully saturated rings. The number of methoxy groups -OCH3 is 2. The number of rotatable bonds is 9. The van der Waals surface area contributed by atoms with Crippen molar-refractivity contribution in [2.45, 2.75) is 45.6 Å². The van der Waals surface area contributed by atoms with Crippen molar-refractivity contribution in [3.05, 3.63) is 70.4 Å². The second kappa shape index (κ2) is 13.7. The van der Waals surface area contributed by atoms with Gasteiger partial charge in [0.05, 0.1) is 31.3 Å². The molecule has 5 rings (SSSR count). The molecular weight excluding hydrogens is 578 g/mol. The van der Waals surface area contributed by atoms with Gasteiger partial charge in [-0.3, -0.25) is 4.31 Å². The van der Waals surface area contributed by atoms with Crippen LogP contribution in [0.25, 0.3) is 0 Å². The SMILES string of the molecule is CC.COc1ccc(OC)c(CN(Sc2c(C)cc(N3CC(C)(C4CCN(C)C4)C3)c(Cl)c2F)c2cccc(F)n2)c1.